The van der Waals surface area contributed by atoms with Gasteiger partial charge in [0.25, 0.3) is 0 Å². The lowest BCUT2D eigenvalue weighted by atomic mass is 10.3. The molecule has 0 bridgehead atoms. The van der Waals surface area contributed by atoms with Crippen LogP contribution in [0.25, 0.3) is 0 Å². The maximum absolute atomic E-state index is 9.09. The Morgan fingerprint density at radius 3 is 3.22 bits per heavy atom. The van der Waals surface area contributed by atoms with Crippen LogP contribution in [-0.4, -0.2) is 59.2 Å². The van der Waals surface area contributed by atoms with Gasteiger partial charge in [0, 0.05) is 19.6 Å². The molecule has 1 aromatic heterocycles. The minimum Gasteiger partial charge on any atom is -0.394 e. The summed E-state index contributed by atoms with van der Waals surface area (Å²) in [6.07, 6.45) is 1.01. The average molecular weight is 272 g/mol. The first kappa shape index (κ1) is 13.7. The first-order valence-corrected chi connectivity index (χ1v) is 7.14. The van der Waals surface area contributed by atoms with Crippen LogP contribution in [0, 0.1) is 0 Å². The molecule has 0 aromatic carbocycles. The summed E-state index contributed by atoms with van der Waals surface area (Å²) in [6.45, 7) is 6.23. The number of aliphatic hydroxyl groups is 1. The van der Waals surface area contributed by atoms with Crippen molar-refractivity contribution in [1.29, 1.82) is 0 Å². The van der Waals surface area contributed by atoms with Crippen LogP contribution in [0.15, 0.2) is 0 Å². The van der Waals surface area contributed by atoms with E-state index in [1.807, 2.05) is 0 Å². The van der Waals surface area contributed by atoms with Crippen molar-refractivity contribution in [1.82, 2.24) is 15.1 Å². The molecular formula is C11H20N4O2S. The number of hydrogen-bond acceptors (Lipinski definition) is 7. The monoisotopic (exact) mass is 272 g/mol. The van der Waals surface area contributed by atoms with Gasteiger partial charge in [-0.25, -0.2) is 0 Å². The lowest BCUT2D eigenvalue weighted by Crippen LogP contribution is -2.43. The Bertz CT molecular complexity index is 361. The molecule has 1 unspecified atom stereocenters. The van der Waals surface area contributed by atoms with Crippen molar-refractivity contribution in [3.63, 3.8) is 0 Å². The second kappa shape index (κ2) is 6.98. The molecule has 0 aliphatic carbocycles. The summed E-state index contributed by atoms with van der Waals surface area (Å²) in [5.41, 5.74) is 0. The van der Waals surface area contributed by atoms with E-state index in [0.29, 0.717) is 6.61 Å². The fourth-order valence-electron chi connectivity index (χ4n) is 1.85. The van der Waals surface area contributed by atoms with Crippen molar-refractivity contribution in [3.05, 3.63) is 5.01 Å². The topological polar surface area (TPSA) is 70.5 Å². The molecule has 1 aliphatic heterocycles. The molecule has 2 rings (SSSR count). The summed E-state index contributed by atoms with van der Waals surface area (Å²) in [5.74, 6) is 0. The molecule has 18 heavy (non-hydrogen) atoms. The quantitative estimate of drug-likeness (QED) is 0.788. The molecule has 0 amide bonds. The summed E-state index contributed by atoms with van der Waals surface area (Å²) in [6, 6.07) is 0. The van der Waals surface area contributed by atoms with E-state index in [9.17, 15) is 0 Å². The second-order valence-electron chi connectivity index (χ2n) is 4.34. The van der Waals surface area contributed by atoms with Gasteiger partial charge in [0.2, 0.25) is 5.13 Å². The Morgan fingerprint density at radius 1 is 1.56 bits per heavy atom. The van der Waals surface area contributed by atoms with Crippen LogP contribution >= 0.6 is 11.3 Å². The van der Waals surface area contributed by atoms with Crippen LogP contribution in [0.3, 0.4) is 0 Å². The Labute approximate surface area is 111 Å². The van der Waals surface area contributed by atoms with Gasteiger partial charge >= 0.3 is 0 Å². The van der Waals surface area contributed by atoms with Gasteiger partial charge in [-0.3, -0.25) is 4.90 Å². The van der Waals surface area contributed by atoms with Gasteiger partial charge in [0.1, 0.15) is 5.01 Å². The first-order valence-electron chi connectivity index (χ1n) is 6.33. The van der Waals surface area contributed by atoms with Crippen LogP contribution in [-0.2, 0) is 11.3 Å². The fourth-order valence-corrected chi connectivity index (χ4v) is 2.65. The molecule has 102 valence electrons. The van der Waals surface area contributed by atoms with E-state index in [1.54, 1.807) is 11.3 Å². The highest BCUT2D eigenvalue weighted by Gasteiger charge is 2.20. The normalized spacial score (nSPS) is 21.1. The number of aromatic nitrogens is 2. The lowest BCUT2D eigenvalue weighted by molar-refractivity contribution is -0.0551. The zero-order valence-electron chi connectivity index (χ0n) is 10.6. The zero-order valence-corrected chi connectivity index (χ0v) is 11.4. The van der Waals surface area contributed by atoms with Crippen LogP contribution in [0.1, 0.15) is 18.4 Å². The van der Waals surface area contributed by atoms with Crippen molar-refractivity contribution in [2.45, 2.75) is 26.0 Å². The van der Waals surface area contributed by atoms with Crippen LogP contribution in [0.4, 0.5) is 5.13 Å². The van der Waals surface area contributed by atoms with Crippen LogP contribution in [0.5, 0.6) is 0 Å². The summed E-state index contributed by atoms with van der Waals surface area (Å²) in [4.78, 5) is 2.24. The molecular weight excluding hydrogens is 252 g/mol. The Morgan fingerprint density at radius 2 is 2.44 bits per heavy atom. The number of rotatable bonds is 6. The number of morpholine rings is 1. The van der Waals surface area contributed by atoms with Gasteiger partial charge in [-0.05, 0) is 6.42 Å². The van der Waals surface area contributed by atoms with E-state index >= 15 is 0 Å². The smallest absolute Gasteiger partial charge is 0.205 e. The molecule has 1 aromatic rings. The number of ether oxygens (including phenoxy) is 1. The number of anilines is 1. The van der Waals surface area contributed by atoms with Gasteiger partial charge in [-0.1, -0.05) is 18.3 Å². The molecule has 1 atom stereocenters. The molecule has 6 nitrogen and oxygen atoms in total. The van der Waals surface area contributed by atoms with E-state index in [0.717, 1.165) is 42.7 Å². The lowest BCUT2D eigenvalue weighted by Gasteiger charge is -2.31. The summed E-state index contributed by atoms with van der Waals surface area (Å²) in [5, 5.41) is 22.5. The number of aliphatic hydroxyl groups excluding tert-OH is 1. The number of hydrogen-bond donors (Lipinski definition) is 2. The Balaban J connectivity index is 1.83. The van der Waals surface area contributed by atoms with Crippen LogP contribution < -0.4 is 5.32 Å². The highest BCUT2D eigenvalue weighted by atomic mass is 32.1. The van der Waals surface area contributed by atoms with Gasteiger partial charge in [0.05, 0.1) is 25.9 Å². The predicted octanol–water partition coefficient (Wildman–Crippen LogP) is 0.553. The number of nitrogens with one attached hydrogen (secondary N) is 1. The molecule has 1 fully saturated rings. The summed E-state index contributed by atoms with van der Waals surface area (Å²) in [7, 11) is 0. The van der Waals surface area contributed by atoms with E-state index in [2.05, 4.69) is 27.3 Å². The second-order valence-corrected chi connectivity index (χ2v) is 5.40. The van der Waals surface area contributed by atoms with Crippen molar-refractivity contribution in [2.75, 3.05) is 38.2 Å². The number of nitrogens with zero attached hydrogens (tertiary/aromatic N) is 3. The molecule has 7 heteroatoms. The molecule has 0 saturated carbocycles. The summed E-state index contributed by atoms with van der Waals surface area (Å²) < 4.78 is 5.42. The highest BCUT2D eigenvalue weighted by molar-refractivity contribution is 7.15. The molecule has 0 spiro atoms. The van der Waals surface area contributed by atoms with Gasteiger partial charge < -0.3 is 15.2 Å². The highest BCUT2D eigenvalue weighted by Crippen LogP contribution is 2.18. The SMILES string of the molecule is CCCNc1nnc(CN2CCOC(CO)C2)s1. The van der Waals surface area contributed by atoms with Crippen LogP contribution in [0.2, 0.25) is 0 Å². The summed E-state index contributed by atoms with van der Waals surface area (Å²) >= 11 is 1.60. The van der Waals surface area contributed by atoms with E-state index < -0.39 is 0 Å². The Kier molecular flexibility index (Phi) is 5.30. The van der Waals surface area contributed by atoms with E-state index in [-0.39, 0.29) is 12.7 Å². The standard InChI is InChI=1S/C11H20N4O2S/c1-2-3-12-11-14-13-10(18-11)7-15-4-5-17-9(6-15)8-16/h9,16H,2-8H2,1H3,(H,12,14). The fraction of sp³-hybridized carbons (Fsp3) is 0.818. The van der Waals surface area contributed by atoms with Gasteiger partial charge in [-0.15, -0.1) is 10.2 Å². The minimum atomic E-state index is -0.0654. The third-order valence-electron chi connectivity index (χ3n) is 2.78. The van der Waals surface area contributed by atoms with E-state index in [1.165, 1.54) is 0 Å². The van der Waals surface area contributed by atoms with Gasteiger partial charge in [0.15, 0.2) is 0 Å². The van der Waals surface area contributed by atoms with Crippen molar-refractivity contribution < 1.29 is 9.84 Å². The molecule has 1 saturated heterocycles. The molecule has 1 aliphatic rings. The predicted molar refractivity (Wildman–Crippen MR) is 70.8 cm³/mol. The average Bonchev–Trinajstić information content (AvgIpc) is 2.84. The van der Waals surface area contributed by atoms with Crippen molar-refractivity contribution >= 4 is 16.5 Å². The third-order valence-corrected chi connectivity index (χ3v) is 3.64. The molecule has 2 heterocycles. The largest absolute Gasteiger partial charge is 0.394 e. The molecule has 0 radical (unpaired) electrons. The third kappa shape index (κ3) is 3.88. The molecule has 2 N–H and O–H groups in total. The maximum atomic E-state index is 9.09. The minimum absolute atomic E-state index is 0.0654. The first-order chi connectivity index (χ1) is 8.81. The Hall–Kier alpha value is -0.760. The van der Waals surface area contributed by atoms with Crippen molar-refractivity contribution in [2.24, 2.45) is 0 Å². The van der Waals surface area contributed by atoms with Crippen molar-refractivity contribution in [3.8, 4) is 0 Å². The zero-order chi connectivity index (χ0) is 12.8. The van der Waals surface area contributed by atoms with E-state index in [4.69, 9.17) is 9.84 Å². The maximum Gasteiger partial charge on any atom is 0.205 e. The van der Waals surface area contributed by atoms with Gasteiger partial charge in [-0.2, -0.15) is 0 Å².